The molecular formula is C7H7N3O4S. The largest absolute Gasteiger partial charge is 0.412 e. The summed E-state index contributed by atoms with van der Waals surface area (Å²) in [7, 11) is 0. The van der Waals surface area contributed by atoms with Crippen LogP contribution in [0.2, 0.25) is 0 Å². The van der Waals surface area contributed by atoms with Crippen molar-refractivity contribution in [2.45, 2.75) is 0 Å². The van der Waals surface area contributed by atoms with Crippen molar-refractivity contribution in [2.24, 2.45) is 11.6 Å². The Morgan fingerprint density at radius 2 is 1.87 bits per heavy atom. The third kappa shape index (κ3) is 2.76. The van der Waals surface area contributed by atoms with Crippen molar-refractivity contribution < 1.29 is 19.1 Å². The molecule has 1 aromatic rings. The highest BCUT2D eigenvalue weighted by Gasteiger charge is 2.15. The first-order valence-corrected chi connectivity index (χ1v) is 4.48. The molecule has 5 N–H and O–H groups in total. The minimum absolute atomic E-state index is 0.0902. The first kappa shape index (κ1) is 11.1. The molecule has 80 valence electrons. The summed E-state index contributed by atoms with van der Waals surface area (Å²) in [5.74, 6) is 3.46. The molecule has 0 aliphatic heterocycles. The van der Waals surface area contributed by atoms with Crippen LogP contribution in [0.3, 0.4) is 0 Å². The number of carbonyl (C=O) groups is 3. The van der Waals surface area contributed by atoms with Crippen molar-refractivity contribution in [1.82, 2.24) is 5.43 Å². The fourth-order valence-electron chi connectivity index (χ4n) is 0.782. The molecule has 15 heavy (non-hydrogen) atoms. The molecule has 7 nitrogen and oxygen atoms in total. The SMILES string of the molecule is NNC(=O)c1ccc(C(=O)OC(N)=O)s1. The first-order chi connectivity index (χ1) is 7.04. The standard InChI is InChI=1S/C7H7N3O4S/c8-7(13)14-6(12)4-2-1-3(15-4)5(11)10-9/h1-2H,9H2,(H2,8,13)(H,10,11). The summed E-state index contributed by atoms with van der Waals surface area (Å²) in [6.07, 6.45) is -1.20. The molecule has 0 saturated carbocycles. The fourth-order valence-corrected chi connectivity index (χ4v) is 1.57. The van der Waals surface area contributed by atoms with E-state index in [1.807, 2.05) is 5.43 Å². The van der Waals surface area contributed by atoms with E-state index in [-0.39, 0.29) is 9.75 Å². The number of nitrogens with one attached hydrogen (secondary N) is 1. The number of carbonyl (C=O) groups excluding carboxylic acids is 3. The predicted octanol–water partition coefficient (Wildman–Crippen LogP) is -0.413. The van der Waals surface area contributed by atoms with Crippen molar-refractivity contribution in [3.63, 3.8) is 0 Å². The number of esters is 1. The Morgan fingerprint density at radius 3 is 2.40 bits per heavy atom. The van der Waals surface area contributed by atoms with E-state index >= 15 is 0 Å². The van der Waals surface area contributed by atoms with Gasteiger partial charge in [0.05, 0.1) is 4.88 Å². The number of hydrogen-bond acceptors (Lipinski definition) is 6. The quantitative estimate of drug-likeness (QED) is 0.209. The molecule has 0 atom stereocenters. The van der Waals surface area contributed by atoms with Gasteiger partial charge in [-0.05, 0) is 12.1 Å². The van der Waals surface area contributed by atoms with E-state index in [0.29, 0.717) is 0 Å². The van der Waals surface area contributed by atoms with E-state index in [1.54, 1.807) is 0 Å². The van der Waals surface area contributed by atoms with Crippen LogP contribution in [0, 0.1) is 0 Å². The Kier molecular flexibility index (Phi) is 3.37. The number of rotatable bonds is 2. The minimum Gasteiger partial charge on any atom is -0.372 e. The van der Waals surface area contributed by atoms with Gasteiger partial charge in [-0.1, -0.05) is 0 Å². The van der Waals surface area contributed by atoms with Crippen LogP contribution in [0.1, 0.15) is 19.3 Å². The Balaban J connectivity index is 2.80. The lowest BCUT2D eigenvalue weighted by molar-refractivity contribution is 0.0643. The van der Waals surface area contributed by atoms with Crippen LogP contribution in [-0.2, 0) is 4.74 Å². The van der Waals surface area contributed by atoms with Gasteiger partial charge in [-0.3, -0.25) is 10.2 Å². The van der Waals surface area contributed by atoms with Gasteiger partial charge in [-0.2, -0.15) is 0 Å². The van der Waals surface area contributed by atoms with Crippen LogP contribution < -0.4 is 17.0 Å². The van der Waals surface area contributed by atoms with Crippen molar-refractivity contribution >= 4 is 29.3 Å². The lowest BCUT2D eigenvalue weighted by atomic mass is 10.4. The molecule has 1 heterocycles. The molecule has 1 rings (SSSR count). The fraction of sp³-hybridized carbons (Fsp3) is 0. The van der Waals surface area contributed by atoms with Crippen LogP contribution in [0.4, 0.5) is 4.79 Å². The van der Waals surface area contributed by atoms with Crippen molar-refractivity contribution in [3.05, 3.63) is 21.9 Å². The third-order valence-electron chi connectivity index (χ3n) is 1.36. The molecule has 0 aliphatic rings. The average molecular weight is 229 g/mol. The summed E-state index contributed by atoms with van der Waals surface area (Å²) >= 11 is 0.841. The zero-order valence-corrected chi connectivity index (χ0v) is 8.17. The molecule has 0 bridgehead atoms. The molecule has 0 unspecified atom stereocenters. The van der Waals surface area contributed by atoms with Gasteiger partial charge in [0.25, 0.3) is 5.91 Å². The molecule has 0 spiro atoms. The number of primary amides is 1. The van der Waals surface area contributed by atoms with E-state index in [2.05, 4.69) is 10.5 Å². The Labute approximate surface area is 88.0 Å². The van der Waals surface area contributed by atoms with Crippen LogP contribution in [0.5, 0.6) is 0 Å². The number of ether oxygens (including phenoxy) is 1. The van der Waals surface area contributed by atoms with E-state index < -0.39 is 18.0 Å². The van der Waals surface area contributed by atoms with Crippen molar-refractivity contribution in [2.75, 3.05) is 0 Å². The first-order valence-electron chi connectivity index (χ1n) is 3.67. The normalized spacial score (nSPS) is 9.40. The molecule has 8 heteroatoms. The number of nitrogen functional groups attached to an aromatic ring is 1. The number of amides is 2. The second-order valence-corrected chi connectivity index (χ2v) is 3.43. The van der Waals surface area contributed by atoms with Gasteiger partial charge in [-0.25, -0.2) is 15.4 Å². The lowest BCUT2D eigenvalue weighted by Crippen LogP contribution is -2.29. The van der Waals surface area contributed by atoms with Crippen LogP contribution in [0.25, 0.3) is 0 Å². The Bertz CT molecular complexity index is 414. The highest BCUT2D eigenvalue weighted by atomic mass is 32.1. The molecule has 0 aliphatic carbocycles. The molecule has 2 amide bonds. The number of thiophene rings is 1. The lowest BCUT2D eigenvalue weighted by Gasteiger charge is -1.95. The Morgan fingerprint density at radius 1 is 1.27 bits per heavy atom. The van der Waals surface area contributed by atoms with Gasteiger partial charge in [0, 0.05) is 0 Å². The van der Waals surface area contributed by atoms with E-state index in [0.717, 1.165) is 11.3 Å². The Hall–Kier alpha value is -1.93. The summed E-state index contributed by atoms with van der Waals surface area (Å²) in [4.78, 5) is 32.7. The topological polar surface area (TPSA) is 125 Å². The molecule has 0 saturated heterocycles. The van der Waals surface area contributed by atoms with Gasteiger partial charge >= 0.3 is 12.1 Å². The highest BCUT2D eigenvalue weighted by molar-refractivity contribution is 7.15. The van der Waals surface area contributed by atoms with Gasteiger partial charge in [0.1, 0.15) is 4.88 Å². The molecule has 0 aromatic carbocycles. The minimum atomic E-state index is -1.20. The predicted molar refractivity (Wildman–Crippen MR) is 51.0 cm³/mol. The van der Waals surface area contributed by atoms with Gasteiger partial charge in [0.2, 0.25) is 0 Å². The van der Waals surface area contributed by atoms with Crippen LogP contribution in [0.15, 0.2) is 12.1 Å². The van der Waals surface area contributed by atoms with Crippen LogP contribution in [-0.4, -0.2) is 18.0 Å². The summed E-state index contributed by atoms with van der Waals surface area (Å²) in [5, 5.41) is 0. The summed E-state index contributed by atoms with van der Waals surface area (Å²) in [6.45, 7) is 0. The maximum absolute atomic E-state index is 11.1. The zero-order valence-electron chi connectivity index (χ0n) is 7.35. The maximum Gasteiger partial charge on any atom is 0.412 e. The van der Waals surface area contributed by atoms with Gasteiger partial charge in [0.15, 0.2) is 0 Å². The number of hydrogen-bond donors (Lipinski definition) is 3. The highest BCUT2D eigenvalue weighted by Crippen LogP contribution is 2.17. The molecule has 0 radical (unpaired) electrons. The molecule has 1 aromatic heterocycles. The second kappa shape index (κ2) is 4.53. The smallest absolute Gasteiger partial charge is 0.372 e. The van der Waals surface area contributed by atoms with Crippen molar-refractivity contribution in [3.8, 4) is 0 Å². The van der Waals surface area contributed by atoms with E-state index in [1.165, 1.54) is 12.1 Å². The maximum atomic E-state index is 11.1. The van der Waals surface area contributed by atoms with E-state index in [4.69, 9.17) is 5.84 Å². The summed E-state index contributed by atoms with van der Waals surface area (Å²) in [5.41, 5.74) is 6.55. The number of nitrogens with two attached hydrogens (primary N) is 2. The second-order valence-electron chi connectivity index (χ2n) is 2.35. The summed E-state index contributed by atoms with van der Waals surface area (Å²) < 4.78 is 4.11. The summed E-state index contributed by atoms with van der Waals surface area (Å²) in [6, 6.07) is 2.71. The van der Waals surface area contributed by atoms with Crippen LogP contribution >= 0.6 is 11.3 Å². The molecule has 0 fully saturated rings. The van der Waals surface area contributed by atoms with E-state index in [9.17, 15) is 14.4 Å². The monoisotopic (exact) mass is 229 g/mol. The molecular weight excluding hydrogens is 222 g/mol. The average Bonchev–Trinajstić information content (AvgIpc) is 2.64. The third-order valence-corrected chi connectivity index (χ3v) is 2.42. The van der Waals surface area contributed by atoms with Crippen molar-refractivity contribution in [1.29, 1.82) is 0 Å². The zero-order chi connectivity index (χ0) is 11.4. The number of hydrazine groups is 1. The van der Waals surface area contributed by atoms with Gasteiger partial charge < -0.3 is 10.5 Å². The van der Waals surface area contributed by atoms with Gasteiger partial charge in [-0.15, -0.1) is 11.3 Å².